The van der Waals surface area contributed by atoms with E-state index in [-0.39, 0.29) is 17.6 Å². The molecule has 6 heteroatoms. The van der Waals surface area contributed by atoms with Gasteiger partial charge < -0.3 is 19.4 Å². The summed E-state index contributed by atoms with van der Waals surface area (Å²) in [6.45, 7) is 13.4. The predicted octanol–water partition coefficient (Wildman–Crippen LogP) is 5.41. The number of carbonyl (C=O) groups is 1. The summed E-state index contributed by atoms with van der Waals surface area (Å²) in [5, 5.41) is 19.8. The molecule has 0 spiro atoms. The Kier molecular flexibility index (Phi) is 7.94. The van der Waals surface area contributed by atoms with Crippen molar-refractivity contribution in [1.82, 2.24) is 0 Å². The number of benzene rings is 1. The molecule has 2 rings (SSSR count). The first kappa shape index (κ1) is 24.6. The highest BCUT2D eigenvalue weighted by molar-refractivity contribution is 6.74. The number of aliphatic hydroxyl groups excluding tert-OH is 1. The number of rotatable bonds is 10. The summed E-state index contributed by atoms with van der Waals surface area (Å²) in [6.07, 6.45) is 3.13. The molecule has 0 aliphatic heterocycles. The van der Waals surface area contributed by atoms with Crippen molar-refractivity contribution in [2.24, 2.45) is 5.41 Å². The van der Waals surface area contributed by atoms with Crippen LogP contribution in [0.3, 0.4) is 0 Å². The van der Waals surface area contributed by atoms with Gasteiger partial charge in [-0.15, -0.1) is 0 Å². The Hall–Kier alpha value is -1.63. The van der Waals surface area contributed by atoms with Gasteiger partial charge in [-0.1, -0.05) is 57.5 Å². The molecule has 0 amide bonds. The van der Waals surface area contributed by atoms with Crippen LogP contribution in [0.1, 0.15) is 53.4 Å². The first-order chi connectivity index (χ1) is 13.8. The molecule has 5 nitrogen and oxygen atoms in total. The van der Waals surface area contributed by atoms with E-state index in [4.69, 9.17) is 9.16 Å². The lowest BCUT2D eigenvalue weighted by Gasteiger charge is -2.39. The molecule has 2 N–H and O–H groups in total. The van der Waals surface area contributed by atoms with Crippen molar-refractivity contribution < 1.29 is 24.2 Å². The standard InChI is InChI=1S/C24H38O5Si/c1-23(2,3)30(5,6)29-20(17-28-19-10-8-7-9-11-19)14-12-18-13-15-21(25)24(18,4)16-22(26)27/h7-11,13,20-21,25H,12,14-17H2,1-6H3,(H,26,27)/t20?,21-,24+/m0/s1. The Bertz CT molecular complexity index is 738. The van der Waals surface area contributed by atoms with Crippen LogP contribution in [0.15, 0.2) is 42.0 Å². The van der Waals surface area contributed by atoms with Crippen molar-refractivity contribution in [3.63, 3.8) is 0 Å². The first-order valence-electron chi connectivity index (χ1n) is 10.8. The topological polar surface area (TPSA) is 76.0 Å². The molecule has 0 saturated heterocycles. The van der Waals surface area contributed by atoms with Gasteiger partial charge >= 0.3 is 5.97 Å². The number of hydrogen-bond acceptors (Lipinski definition) is 4. The maximum Gasteiger partial charge on any atom is 0.304 e. The summed E-state index contributed by atoms with van der Waals surface area (Å²) in [6, 6.07) is 9.71. The minimum absolute atomic E-state index is 0.0612. The number of aliphatic carboxylic acids is 1. The smallest absolute Gasteiger partial charge is 0.304 e. The molecule has 1 unspecified atom stereocenters. The van der Waals surface area contributed by atoms with Gasteiger partial charge in [0.2, 0.25) is 0 Å². The monoisotopic (exact) mass is 434 g/mol. The van der Waals surface area contributed by atoms with Gasteiger partial charge in [0.25, 0.3) is 0 Å². The maximum absolute atomic E-state index is 11.4. The van der Waals surface area contributed by atoms with Crippen LogP contribution in [0.5, 0.6) is 5.75 Å². The molecule has 0 aromatic heterocycles. The fourth-order valence-corrected chi connectivity index (χ4v) is 5.06. The largest absolute Gasteiger partial charge is 0.491 e. The SMILES string of the molecule is CC(C)(C)[Si](C)(C)OC(CCC1=CC[C@H](O)[C@]1(C)CC(=O)O)COc1ccccc1. The molecular weight excluding hydrogens is 396 g/mol. The first-order valence-corrected chi connectivity index (χ1v) is 13.7. The zero-order valence-corrected chi connectivity index (χ0v) is 20.3. The van der Waals surface area contributed by atoms with Crippen molar-refractivity contribution >= 4 is 14.3 Å². The van der Waals surface area contributed by atoms with Crippen molar-refractivity contribution in [2.75, 3.05) is 6.61 Å². The maximum atomic E-state index is 11.4. The molecule has 30 heavy (non-hydrogen) atoms. The van der Waals surface area contributed by atoms with Crippen molar-refractivity contribution in [3.05, 3.63) is 42.0 Å². The van der Waals surface area contributed by atoms with E-state index in [2.05, 4.69) is 33.9 Å². The zero-order valence-electron chi connectivity index (χ0n) is 19.3. The molecule has 168 valence electrons. The summed E-state index contributed by atoms with van der Waals surface area (Å²) in [4.78, 5) is 11.4. The lowest BCUT2D eigenvalue weighted by atomic mass is 9.76. The highest BCUT2D eigenvalue weighted by Crippen LogP contribution is 2.45. The van der Waals surface area contributed by atoms with Crippen molar-refractivity contribution in [2.45, 2.75) is 83.7 Å². The zero-order chi connectivity index (χ0) is 22.6. The number of para-hydroxylation sites is 1. The highest BCUT2D eigenvalue weighted by atomic mass is 28.4. The quantitative estimate of drug-likeness (QED) is 0.380. The molecule has 0 heterocycles. The molecule has 0 bridgehead atoms. The molecule has 1 aromatic carbocycles. The summed E-state index contributed by atoms with van der Waals surface area (Å²) >= 11 is 0. The van der Waals surface area contributed by atoms with E-state index < -0.39 is 25.8 Å². The Morgan fingerprint density at radius 3 is 2.47 bits per heavy atom. The number of hydrogen-bond donors (Lipinski definition) is 2. The van der Waals surface area contributed by atoms with E-state index in [1.54, 1.807) is 0 Å². The number of carboxylic acid groups (broad SMARTS) is 1. The van der Waals surface area contributed by atoms with E-state index in [1.165, 1.54) is 0 Å². The normalized spacial score (nSPS) is 23.2. The lowest BCUT2D eigenvalue weighted by Crippen LogP contribution is -2.45. The molecule has 3 atom stereocenters. The molecule has 1 aromatic rings. The van der Waals surface area contributed by atoms with Crippen molar-refractivity contribution in [1.29, 1.82) is 0 Å². The van der Waals surface area contributed by atoms with E-state index in [9.17, 15) is 15.0 Å². The van der Waals surface area contributed by atoms with E-state index in [1.807, 2.05) is 43.3 Å². The van der Waals surface area contributed by atoms with Gasteiger partial charge in [-0.05, 0) is 49.5 Å². The summed E-state index contributed by atoms with van der Waals surface area (Å²) in [5.74, 6) is -0.0709. The van der Waals surface area contributed by atoms with E-state index in [0.29, 0.717) is 19.4 Å². The van der Waals surface area contributed by atoms with Gasteiger partial charge in [0.1, 0.15) is 12.4 Å². The number of carboxylic acids is 1. The summed E-state index contributed by atoms with van der Waals surface area (Å²) in [5.41, 5.74) is 0.300. The average Bonchev–Trinajstić information content (AvgIpc) is 2.90. The third kappa shape index (κ3) is 6.19. The Balaban J connectivity index is 2.11. The second-order valence-corrected chi connectivity index (χ2v) is 14.9. The number of aliphatic hydroxyl groups is 1. The molecule has 0 fully saturated rings. The van der Waals surface area contributed by atoms with Crippen LogP contribution in [0.25, 0.3) is 0 Å². The van der Waals surface area contributed by atoms with Crippen LogP contribution >= 0.6 is 0 Å². The lowest BCUT2D eigenvalue weighted by molar-refractivity contribution is -0.140. The molecule has 0 radical (unpaired) electrons. The third-order valence-electron chi connectivity index (χ3n) is 6.76. The second kappa shape index (κ2) is 9.67. The summed E-state index contributed by atoms with van der Waals surface area (Å²) < 4.78 is 12.7. The average molecular weight is 435 g/mol. The molecule has 1 aliphatic rings. The van der Waals surface area contributed by atoms with Gasteiger partial charge in [-0.3, -0.25) is 4.79 Å². The predicted molar refractivity (Wildman–Crippen MR) is 122 cm³/mol. The van der Waals surface area contributed by atoms with Gasteiger partial charge in [-0.25, -0.2) is 0 Å². The Morgan fingerprint density at radius 1 is 1.27 bits per heavy atom. The van der Waals surface area contributed by atoms with Crippen LogP contribution in [0.2, 0.25) is 18.1 Å². The molecule has 0 saturated carbocycles. The van der Waals surface area contributed by atoms with Crippen LogP contribution in [0, 0.1) is 5.41 Å². The minimum atomic E-state index is -2.00. The van der Waals surface area contributed by atoms with Gasteiger partial charge in [0, 0.05) is 5.41 Å². The second-order valence-electron chi connectivity index (χ2n) is 10.1. The van der Waals surface area contributed by atoms with Crippen molar-refractivity contribution in [3.8, 4) is 5.75 Å². The molecular formula is C24H38O5Si. The van der Waals surface area contributed by atoms with Crippen LogP contribution in [-0.2, 0) is 9.22 Å². The third-order valence-corrected chi connectivity index (χ3v) is 11.3. The Morgan fingerprint density at radius 2 is 1.90 bits per heavy atom. The van der Waals surface area contributed by atoms with Gasteiger partial charge in [0.15, 0.2) is 8.32 Å². The number of ether oxygens (including phenoxy) is 1. The van der Waals surface area contributed by atoms with Gasteiger partial charge in [0.05, 0.1) is 18.6 Å². The van der Waals surface area contributed by atoms with Crippen LogP contribution in [-0.4, -0.2) is 43.3 Å². The minimum Gasteiger partial charge on any atom is -0.491 e. The molecule has 1 aliphatic carbocycles. The van der Waals surface area contributed by atoms with E-state index in [0.717, 1.165) is 17.7 Å². The fraction of sp³-hybridized carbons (Fsp3) is 0.625. The van der Waals surface area contributed by atoms with E-state index >= 15 is 0 Å². The fourth-order valence-electron chi connectivity index (χ4n) is 3.69. The Labute approximate surface area is 182 Å². The van der Waals surface area contributed by atoms with Crippen LogP contribution < -0.4 is 4.74 Å². The summed E-state index contributed by atoms with van der Waals surface area (Å²) in [7, 11) is -2.00. The van der Waals surface area contributed by atoms with Gasteiger partial charge in [-0.2, -0.15) is 0 Å². The highest BCUT2D eigenvalue weighted by Gasteiger charge is 2.43. The van der Waals surface area contributed by atoms with Crippen LogP contribution in [0.4, 0.5) is 0 Å².